The number of hydrogen-bond donors (Lipinski definition) is 1. The maximum absolute atomic E-state index is 12.9. The highest BCUT2D eigenvalue weighted by molar-refractivity contribution is 6.34. The number of rotatable bonds is 4. The Hall–Kier alpha value is -2.29. The van der Waals surface area contributed by atoms with E-state index in [1.807, 2.05) is 4.90 Å². The second-order valence-electron chi connectivity index (χ2n) is 6.79. The van der Waals surface area contributed by atoms with E-state index in [0.29, 0.717) is 36.8 Å². The van der Waals surface area contributed by atoms with Gasteiger partial charge in [0.25, 0.3) is 5.91 Å². The topological polar surface area (TPSA) is 52.7 Å². The smallest absolute Gasteiger partial charge is 0.336 e. The number of nitrogens with one attached hydrogen (secondary N) is 1. The number of amides is 2. The molecule has 1 aliphatic heterocycles. The summed E-state index contributed by atoms with van der Waals surface area (Å²) in [7, 11) is 0. The lowest BCUT2D eigenvalue weighted by Gasteiger charge is -2.34. The van der Waals surface area contributed by atoms with Crippen molar-refractivity contribution in [2.24, 2.45) is 0 Å². The van der Waals surface area contributed by atoms with E-state index in [-0.39, 0.29) is 23.2 Å². The molecule has 5 nitrogen and oxygen atoms in total. The van der Waals surface area contributed by atoms with Gasteiger partial charge in [0.1, 0.15) is 0 Å². The summed E-state index contributed by atoms with van der Waals surface area (Å²) in [4.78, 5) is 28.3. The lowest BCUT2D eigenvalue weighted by molar-refractivity contribution is -0.137. The third-order valence-electron chi connectivity index (χ3n) is 4.70. The third-order valence-corrected chi connectivity index (χ3v) is 5.36. The first-order chi connectivity index (χ1) is 14.1. The largest absolute Gasteiger partial charge is 0.416 e. The molecule has 10 heteroatoms. The second kappa shape index (κ2) is 9.24. The lowest BCUT2D eigenvalue weighted by atomic mass is 10.1. The molecule has 160 valence electrons. The van der Waals surface area contributed by atoms with Crippen molar-refractivity contribution in [2.45, 2.75) is 6.18 Å². The molecule has 3 rings (SSSR count). The fraction of sp³-hybridized carbons (Fsp3) is 0.300. The van der Waals surface area contributed by atoms with Gasteiger partial charge in [0.05, 0.1) is 33.4 Å². The van der Waals surface area contributed by atoms with Crippen LogP contribution in [0.25, 0.3) is 0 Å². The molecule has 2 amide bonds. The third kappa shape index (κ3) is 5.44. The van der Waals surface area contributed by atoms with Crippen molar-refractivity contribution in [3.8, 4) is 0 Å². The lowest BCUT2D eigenvalue weighted by Crippen LogP contribution is -2.50. The van der Waals surface area contributed by atoms with Gasteiger partial charge in [-0.1, -0.05) is 35.3 Å². The summed E-state index contributed by atoms with van der Waals surface area (Å²) < 4.78 is 38.6. The monoisotopic (exact) mass is 459 g/mol. The van der Waals surface area contributed by atoms with E-state index < -0.39 is 17.6 Å². The Morgan fingerprint density at radius 1 is 0.967 bits per heavy atom. The molecule has 0 spiro atoms. The highest BCUT2D eigenvalue weighted by Gasteiger charge is 2.31. The molecule has 2 aromatic rings. The summed E-state index contributed by atoms with van der Waals surface area (Å²) in [5.74, 6) is -0.664. The van der Waals surface area contributed by atoms with Crippen molar-refractivity contribution < 1.29 is 22.8 Å². The van der Waals surface area contributed by atoms with Gasteiger partial charge in [0.2, 0.25) is 5.91 Å². The van der Waals surface area contributed by atoms with Crippen LogP contribution in [0.15, 0.2) is 42.5 Å². The molecule has 0 unspecified atom stereocenters. The number of alkyl halides is 3. The number of benzene rings is 2. The van der Waals surface area contributed by atoms with Crippen LogP contribution >= 0.6 is 23.2 Å². The fourth-order valence-electron chi connectivity index (χ4n) is 3.10. The first kappa shape index (κ1) is 22.4. The van der Waals surface area contributed by atoms with E-state index in [2.05, 4.69) is 5.32 Å². The molecule has 0 aromatic heterocycles. The number of hydrogen-bond acceptors (Lipinski definition) is 3. The van der Waals surface area contributed by atoms with Crippen LogP contribution in [0.5, 0.6) is 0 Å². The van der Waals surface area contributed by atoms with Crippen molar-refractivity contribution in [3.63, 3.8) is 0 Å². The summed E-state index contributed by atoms with van der Waals surface area (Å²) in [5.41, 5.74) is -0.567. The molecule has 0 bridgehead atoms. The minimum absolute atomic E-state index is 0.0199. The molecule has 1 N–H and O–H groups in total. The Morgan fingerprint density at radius 2 is 1.63 bits per heavy atom. The van der Waals surface area contributed by atoms with Gasteiger partial charge in [-0.15, -0.1) is 0 Å². The standard InChI is InChI=1S/C20H18Cl2F3N3O2/c21-15-4-2-1-3-14(15)19(30)28-9-7-27(8-10-28)12-18(29)26-17-11-13(20(23,24)25)5-6-16(17)22/h1-6,11H,7-10,12H2,(H,26,29). The molecular formula is C20H18Cl2F3N3O2. The second-order valence-corrected chi connectivity index (χ2v) is 7.60. The van der Waals surface area contributed by atoms with Crippen LogP contribution in [0.2, 0.25) is 10.0 Å². The molecule has 30 heavy (non-hydrogen) atoms. The Labute approximate surface area is 181 Å². The minimum Gasteiger partial charge on any atom is -0.336 e. The maximum atomic E-state index is 12.9. The molecule has 0 aliphatic carbocycles. The molecule has 0 saturated carbocycles. The van der Waals surface area contributed by atoms with Crippen molar-refractivity contribution >= 4 is 40.7 Å². The minimum atomic E-state index is -4.53. The van der Waals surface area contributed by atoms with Gasteiger partial charge < -0.3 is 10.2 Å². The van der Waals surface area contributed by atoms with Crippen LogP contribution in [0, 0.1) is 0 Å². The zero-order valence-electron chi connectivity index (χ0n) is 15.7. The SMILES string of the molecule is O=C(CN1CCN(C(=O)c2ccccc2Cl)CC1)Nc1cc(C(F)(F)F)ccc1Cl. The Kier molecular flexibility index (Phi) is 6.90. The highest BCUT2D eigenvalue weighted by Crippen LogP contribution is 2.33. The molecular weight excluding hydrogens is 442 g/mol. The number of halogens is 5. The average molecular weight is 460 g/mol. The van der Waals surface area contributed by atoms with Crippen molar-refractivity contribution in [1.82, 2.24) is 9.80 Å². The van der Waals surface area contributed by atoms with Crippen molar-refractivity contribution in [3.05, 3.63) is 63.6 Å². The average Bonchev–Trinajstić information content (AvgIpc) is 2.69. The molecule has 1 aliphatic rings. The first-order valence-corrected chi connectivity index (χ1v) is 9.83. The molecule has 1 saturated heterocycles. The Bertz CT molecular complexity index is 945. The van der Waals surface area contributed by atoms with E-state index in [1.54, 1.807) is 29.2 Å². The number of nitrogens with zero attached hydrogens (tertiary/aromatic N) is 2. The van der Waals surface area contributed by atoms with Gasteiger partial charge in [-0.2, -0.15) is 13.2 Å². The quantitative estimate of drug-likeness (QED) is 0.736. The predicted octanol–water partition coefficient (Wildman–Crippen LogP) is 4.41. The molecule has 1 fully saturated rings. The number of carbonyl (C=O) groups is 2. The molecule has 0 atom stereocenters. The van der Waals surface area contributed by atoms with Crippen LogP contribution in [0.1, 0.15) is 15.9 Å². The van der Waals surface area contributed by atoms with E-state index in [9.17, 15) is 22.8 Å². The molecule has 1 heterocycles. The summed E-state index contributed by atoms with van der Waals surface area (Å²) in [5, 5.41) is 2.82. The summed E-state index contributed by atoms with van der Waals surface area (Å²) >= 11 is 12.0. The number of piperazine rings is 1. The van der Waals surface area contributed by atoms with Gasteiger partial charge in [-0.3, -0.25) is 14.5 Å². The van der Waals surface area contributed by atoms with Crippen LogP contribution in [-0.2, 0) is 11.0 Å². The Morgan fingerprint density at radius 3 is 2.27 bits per heavy atom. The van der Waals surface area contributed by atoms with Crippen LogP contribution < -0.4 is 5.32 Å². The van der Waals surface area contributed by atoms with Crippen molar-refractivity contribution in [2.75, 3.05) is 38.0 Å². The molecule has 2 aromatic carbocycles. The predicted molar refractivity (Wildman–Crippen MR) is 109 cm³/mol. The first-order valence-electron chi connectivity index (χ1n) is 9.08. The zero-order chi connectivity index (χ0) is 21.9. The van der Waals surface area contributed by atoms with Crippen LogP contribution in [-0.4, -0.2) is 54.3 Å². The summed E-state index contributed by atoms with van der Waals surface area (Å²) in [6.07, 6.45) is -4.53. The maximum Gasteiger partial charge on any atom is 0.416 e. The van der Waals surface area contributed by atoms with Gasteiger partial charge in [0.15, 0.2) is 0 Å². The normalized spacial score (nSPS) is 15.2. The van der Waals surface area contributed by atoms with E-state index in [0.717, 1.165) is 18.2 Å². The number of anilines is 1. The summed E-state index contributed by atoms with van der Waals surface area (Å²) in [6, 6.07) is 9.54. The van der Waals surface area contributed by atoms with Crippen molar-refractivity contribution in [1.29, 1.82) is 0 Å². The van der Waals surface area contributed by atoms with Crippen LogP contribution in [0.4, 0.5) is 18.9 Å². The van der Waals surface area contributed by atoms with E-state index in [1.165, 1.54) is 0 Å². The van der Waals surface area contributed by atoms with Gasteiger partial charge in [-0.05, 0) is 30.3 Å². The van der Waals surface area contributed by atoms with Gasteiger partial charge in [0, 0.05) is 26.2 Å². The van der Waals surface area contributed by atoms with Gasteiger partial charge >= 0.3 is 6.18 Å². The highest BCUT2D eigenvalue weighted by atomic mass is 35.5. The molecule has 0 radical (unpaired) electrons. The zero-order valence-corrected chi connectivity index (χ0v) is 17.2. The Balaban J connectivity index is 1.55. The number of carbonyl (C=O) groups excluding carboxylic acids is 2. The van der Waals surface area contributed by atoms with Gasteiger partial charge in [-0.25, -0.2) is 0 Å². The van der Waals surface area contributed by atoms with Crippen LogP contribution in [0.3, 0.4) is 0 Å². The fourth-order valence-corrected chi connectivity index (χ4v) is 3.49. The van der Waals surface area contributed by atoms with E-state index in [4.69, 9.17) is 23.2 Å². The van der Waals surface area contributed by atoms with E-state index >= 15 is 0 Å². The summed E-state index contributed by atoms with van der Waals surface area (Å²) in [6.45, 7) is 1.67.